The summed E-state index contributed by atoms with van der Waals surface area (Å²) in [6, 6.07) is 3.75. The monoisotopic (exact) mass is 335 g/mol. The number of hydrogen-bond acceptors (Lipinski definition) is 3. The molecule has 0 bridgehead atoms. The summed E-state index contributed by atoms with van der Waals surface area (Å²) in [6.07, 6.45) is 3.62. The van der Waals surface area contributed by atoms with Crippen LogP contribution < -0.4 is 15.2 Å². The van der Waals surface area contributed by atoms with Crippen LogP contribution in [0.25, 0.3) is 0 Å². The van der Waals surface area contributed by atoms with Gasteiger partial charge in [0.05, 0.1) is 14.2 Å². The second-order valence-electron chi connectivity index (χ2n) is 3.70. The first-order valence-electron chi connectivity index (χ1n) is 5.42. The minimum Gasteiger partial charge on any atom is -0.493 e. The van der Waals surface area contributed by atoms with Crippen LogP contribution in [0, 0.1) is 0 Å². The van der Waals surface area contributed by atoms with Crippen molar-refractivity contribution >= 4 is 28.3 Å². The highest BCUT2D eigenvalue weighted by molar-refractivity contribution is 9.10. The molecule has 0 amide bonds. The standard InChI is InChI=1S/C13H18BrNO2.ClH/c1-4-5-6-11(15)9-7-12(16-2)13(17-3)8-10(9)14;/h4,7-8,11H,1,5-6,15H2,2-3H3;1H/t11-;/m1./s1. The van der Waals surface area contributed by atoms with Gasteiger partial charge in [-0.25, -0.2) is 0 Å². The third-order valence-electron chi connectivity index (χ3n) is 2.58. The first-order valence-corrected chi connectivity index (χ1v) is 6.21. The van der Waals surface area contributed by atoms with Gasteiger partial charge in [-0.3, -0.25) is 0 Å². The predicted molar refractivity (Wildman–Crippen MR) is 80.9 cm³/mol. The second-order valence-corrected chi connectivity index (χ2v) is 4.56. The smallest absolute Gasteiger partial charge is 0.161 e. The highest BCUT2D eigenvalue weighted by Crippen LogP contribution is 2.36. The van der Waals surface area contributed by atoms with Crippen molar-refractivity contribution < 1.29 is 9.47 Å². The van der Waals surface area contributed by atoms with Crippen molar-refractivity contribution in [3.8, 4) is 11.5 Å². The summed E-state index contributed by atoms with van der Waals surface area (Å²) in [7, 11) is 3.23. The summed E-state index contributed by atoms with van der Waals surface area (Å²) >= 11 is 3.50. The van der Waals surface area contributed by atoms with Crippen LogP contribution in [0.15, 0.2) is 29.3 Å². The van der Waals surface area contributed by atoms with Crippen LogP contribution in [0.1, 0.15) is 24.4 Å². The summed E-state index contributed by atoms with van der Waals surface area (Å²) in [6.45, 7) is 3.70. The average Bonchev–Trinajstić information content (AvgIpc) is 2.35. The molecule has 1 atom stereocenters. The number of hydrogen-bond donors (Lipinski definition) is 1. The van der Waals surface area contributed by atoms with Gasteiger partial charge in [0.25, 0.3) is 0 Å². The highest BCUT2D eigenvalue weighted by atomic mass is 79.9. The fourth-order valence-corrected chi connectivity index (χ4v) is 2.22. The van der Waals surface area contributed by atoms with Crippen LogP contribution in [0.4, 0.5) is 0 Å². The Bertz CT molecular complexity index is 399. The predicted octanol–water partition coefficient (Wildman–Crippen LogP) is 3.85. The molecule has 0 unspecified atom stereocenters. The molecule has 18 heavy (non-hydrogen) atoms. The summed E-state index contributed by atoms with van der Waals surface area (Å²) in [5.74, 6) is 1.39. The molecule has 0 saturated heterocycles. The lowest BCUT2D eigenvalue weighted by Crippen LogP contribution is -2.11. The SMILES string of the molecule is C=CCC[C@@H](N)c1cc(OC)c(OC)cc1Br.Cl. The van der Waals surface area contributed by atoms with Gasteiger partial charge in [-0.1, -0.05) is 22.0 Å². The molecule has 0 heterocycles. The van der Waals surface area contributed by atoms with Gasteiger partial charge in [0.2, 0.25) is 0 Å². The molecule has 0 radical (unpaired) electrons. The number of benzene rings is 1. The van der Waals surface area contributed by atoms with E-state index in [1.54, 1.807) is 14.2 Å². The second kappa shape index (κ2) is 8.40. The molecule has 102 valence electrons. The Hall–Kier alpha value is -0.710. The topological polar surface area (TPSA) is 44.5 Å². The van der Waals surface area contributed by atoms with Crippen molar-refractivity contribution in [2.75, 3.05) is 14.2 Å². The molecular weight excluding hydrogens is 318 g/mol. The molecule has 2 N–H and O–H groups in total. The number of allylic oxidation sites excluding steroid dienone is 1. The van der Waals surface area contributed by atoms with Crippen molar-refractivity contribution in [2.45, 2.75) is 18.9 Å². The molecule has 0 aliphatic rings. The van der Waals surface area contributed by atoms with Crippen LogP contribution in [0.3, 0.4) is 0 Å². The number of methoxy groups -OCH3 is 2. The van der Waals surface area contributed by atoms with Gasteiger partial charge in [0.15, 0.2) is 11.5 Å². The van der Waals surface area contributed by atoms with Crippen molar-refractivity contribution in [3.63, 3.8) is 0 Å². The maximum Gasteiger partial charge on any atom is 0.161 e. The Balaban J connectivity index is 0.00000289. The van der Waals surface area contributed by atoms with Crippen molar-refractivity contribution in [2.24, 2.45) is 5.73 Å². The van der Waals surface area contributed by atoms with E-state index in [4.69, 9.17) is 15.2 Å². The molecule has 0 aliphatic carbocycles. The molecule has 0 fully saturated rings. The maximum absolute atomic E-state index is 6.12. The van der Waals surface area contributed by atoms with E-state index in [1.165, 1.54) is 0 Å². The third kappa shape index (κ3) is 4.19. The Morgan fingerprint density at radius 1 is 1.33 bits per heavy atom. The lowest BCUT2D eigenvalue weighted by molar-refractivity contribution is 0.354. The van der Waals surface area contributed by atoms with E-state index in [2.05, 4.69) is 22.5 Å². The molecule has 0 aromatic heterocycles. The van der Waals surface area contributed by atoms with E-state index in [-0.39, 0.29) is 18.4 Å². The number of halogens is 2. The van der Waals surface area contributed by atoms with Gasteiger partial charge in [-0.2, -0.15) is 0 Å². The van der Waals surface area contributed by atoms with Gasteiger partial charge in [0, 0.05) is 10.5 Å². The molecule has 1 aromatic rings. The molecule has 3 nitrogen and oxygen atoms in total. The van der Waals surface area contributed by atoms with E-state index < -0.39 is 0 Å². The van der Waals surface area contributed by atoms with Crippen LogP contribution in [0.5, 0.6) is 11.5 Å². The Kier molecular flexibility index (Phi) is 8.07. The van der Waals surface area contributed by atoms with E-state index in [0.717, 1.165) is 22.9 Å². The summed E-state index contributed by atoms with van der Waals surface area (Å²) < 4.78 is 11.4. The summed E-state index contributed by atoms with van der Waals surface area (Å²) in [5, 5.41) is 0. The van der Waals surface area contributed by atoms with E-state index in [1.807, 2.05) is 18.2 Å². The van der Waals surface area contributed by atoms with Gasteiger partial charge in [-0.05, 0) is 30.5 Å². The highest BCUT2D eigenvalue weighted by Gasteiger charge is 2.14. The Labute approximate surface area is 123 Å². The first-order chi connectivity index (χ1) is 8.13. The molecule has 1 rings (SSSR count). The fraction of sp³-hybridized carbons (Fsp3) is 0.385. The maximum atomic E-state index is 6.12. The fourth-order valence-electron chi connectivity index (χ4n) is 1.61. The average molecular weight is 337 g/mol. The largest absolute Gasteiger partial charge is 0.493 e. The Morgan fingerprint density at radius 3 is 2.39 bits per heavy atom. The molecule has 5 heteroatoms. The zero-order valence-corrected chi connectivity index (χ0v) is 13.0. The first kappa shape index (κ1) is 17.3. The number of nitrogens with two attached hydrogens (primary N) is 1. The zero-order valence-electron chi connectivity index (χ0n) is 10.6. The minimum atomic E-state index is -0.0396. The summed E-state index contributed by atoms with van der Waals surface area (Å²) in [5.41, 5.74) is 7.14. The molecule has 1 aromatic carbocycles. The van der Waals surface area contributed by atoms with Crippen LogP contribution in [-0.2, 0) is 0 Å². The van der Waals surface area contributed by atoms with Crippen molar-refractivity contribution in [3.05, 3.63) is 34.8 Å². The lowest BCUT2D eigenvalue weighted by Gasteiger charge is -2.16. The quantitative estimate of drug-likeness (QED) is 0.802. The summed E-state index contributed by atoms with van der Waals surface area (Å²) in [4.78, 5) is 0. The minimum absolute atomic E-state index is 0. The molecule has 0 saturated carbocycles. The van der Waals surface area contributed by atoms with Crippen molar-refractivity contribution in [1.29, 1.82) is 0 Å². The number of rotatable bonds is 6. The van der Waals surface area contributed by atoms with E-state index >= 15 is 0 Å². The van der Waals surface area contributed by atoms with Gasteiger partial charge >= 0.3 is 0 Å². The van der Waals surface area contributed by atoms with Gasteiger partial charge in [-0.15, -0.1) is 19.0 Å². The number of ether oxygens (including phenoxy) is 2. The van der Waals surface area contributed by atoms with Crippen molar-refractivity contribution in [1.82, 2.24) is 0 Å². The Morgan fingerprint density at radius 2 is 1.89 bits per heavy atom. The molecular formula is C13H19BrClNO2. The van der Waals surface area contributed by atoms with Crippen LogP contribution in [-0.4, -0.2) is 14.2 Å². The third-order valence-corrected chi connectivity index (χ3v) is 3.27. The molecule has 0 spiro atoms. The van der Waals surface area contributed by atoms with E-state index in [9.17, 15) is 0 Å². The normalized spacial score (nSPS) is 11.3. The molecule has 0 aliphatic heterocycles. The van der Waals surface area contributed by atoms with Gasteiger partial charge in [0.1, 0.15) is 0 Å². The lowest BCUT2D eigenvalue weighted by atomic mass is 10.0. The van der Waals surface area contributed by atoms with E-state index in [0.29, 0.717) is 11.5 Å². The van der Waals surface area contributed by atoms with Gasteiger partial charge < -0.3 is 15.2 Å². The van der Waals surface area contributed by atoms with Crippen LogP contribution in [0.2, 0.25) is 0 Å². The van der Waals surface area contributed by atoms with Crippen LogP contribution >= 0.6 is 28.3 Å². The zero-order chi connectivity index (χ0) is 12.8.